The predicted octanol–water partition coefficient (Wildman–Crippen LogP) is 18.5. The van der Waals surface area contributed by atoms with E-state index in [0.717, 1.165) is 0 Å². The molecule has 0 amide bonds. The maximum Gasteiger partial charge on any atom is 0.264 e. The highest BCUT2D eigenvalue weighted by Crippen LogP contribution is 2.60. The molecule has 2 aliphatic heterocycles. The molecule has 0 saturated carbocycles. The molecule has 0 spiro atoms. The standard InChI is InChI=1S/C71H89BN2S/c1-42-37-54-58-55(38-42)74(53-28-22-44(63(2,3)4)40-46(53)43-21-24-47-50(39-43)67(11,12)31-29-64(47,5)6)60-57-61(71(19,20)36-35-70(57,17)18)75-62(60)72(58)52-27-26-49-56(69(15,16)34-33-66(49,9)10)59(52)73(54)45-23-25-48-51(41-45)68(13,14)32-30-65(48,7)8/h21-28,37-41H,29-36H2,1-20H3. The Morgan fingerprint density at radius 3 is 1.53 bits per heavy atom. The molecular formula is C71H89BN2S. The summed E-state index contributed by atoms with van der Waals surface area (Å²) in [4.78, 5) is 7.26. The minimum Gasteiger partial charge on any atom is -0.311 e. The molecule has 0 bridgehead atoms. The van der Waals surface area contributed by atoms with Crippen molar-refractivity contribution in [3.8, 4) is 11.1 Å². The van der Waals surface area contributed by atoms with Crippen LogP contribution in [-0.4, -0.2) is 6.71 Å². The number of rotatable bonds is 3. The second-order valence-corrected chi connectivity index (χ2v) is 32.4. The first kappa shape index (κ1) is 51.2. The van der Waals surface area contributed by atoms with Crippen molar-refractivity contribution in [2.75, 3.05) is 9.80 Å². The summed E-state index contributed by atoms with van der Waals surface area (Å²) in [5, 5.41) is 0. The van der Waals surface area contributed by atoms with E-state index in [0.29, 0.717) is 0 Å². The number of hydrogen-bond donors (Lipinski definition) is 0. The Morgan fingerprint density at radius 1 is 0.440 bits per heavy atom. The zero-order chi connectivity index (χ0) is 53.9. The Kier molecular flexibility index (Phi) is 10.8. The number of aryl methyl sites for hydroxylation is 1. The van der Waals surface area contributed by atoms with Gasteiger partial charge < -0.3 is 9.80 Å². The normalized spacial score (nSPS) is 22.2. The van der Waals surface area contributed by atoms with Gasteiger partial charge in [-0.05, 0) is 210 Å². The third-order valence-electron chi connectivity index (χ3n) is 21.0. The van der Waals surface area contributed by atoms with Crippen molar-refractivity contribution in [1.82, 2.24) is 0 Å². The summed E-state index contributed by atoms with van der Waals surface area (Å²) in [7, 11) is 0. The third-order valence-corrected chi connectivity index (χ3v) is 22.6. The van der Waals surface area contributed by atoms with Crippen LogP contribution in [-0.2, 0) is 48.7 Å². The van der Waals surface area contributed by atoms with Crippen molar-refractivity contribution >= 4 is 67.9 Å². The summed E-state index contributed by atoms with van der Waals surface area (Å²) < 4.78 is 1.53. The summed E-state index contributed by atoms with van der Waals surface area (Å²) in [5.74, 6) is 0. The first-order chi connectivity index (χ1) is 34.7. The van der Waals surface area contributed by atoms with Gasteiger partial charge in [0.25, 0.3) is 6.71 Å². The van der Waals surface area contributed by atoms with Crippen LogP contribution in [0, 0.1) is 6.92 Å². The molecule has 4 heteroatoms. The van der Waals surface area contributed by atoms with E-state index in [1.54, 1.807) is 16.0 Å². The smallest absolute Gasteiger partial charge is 0.264 e. The van der Waals surface area contributed by atoms with Crippen molar-refractivity contribution in [2.24, 2.45) is 0 Å². The molecule has 0 fully saturated rings. The predicted molar refractivity (Wildman–Crippen MR) is 328 cm³/mol. The monoisotopic (exact) mass is 1010 g/mol. The van der Waals surface area contributed by atoms with Crippen LogP contribution in [0.25, 0.3) is 11.1 Å². The molecule has 6 aliphatic rings. The van der Waals surface area contributed by atoms with Gasteiger partial charge in [-0.3, -0.25) is 0 Å². The van der Waals surface area contributed by atoms with Crippen LogP contribution in [0.15, 0.2) is 78.9 Å². The number of anilines is 6. The highest BCUT2D eigenvalue weighted by molar-refractivity contribution is 7.29. The lowest BCUT2D eigenvalue weighted by Gasteiger charge is -2.50. The molecule has 75 heavy (non-hydrogen) atoms. The molecule has 0 unspecified atom stereocenters. The molecule has 0 radical (unpaired) electrons. The van der Waals surface area contributed by atoms with E-state index in [1.807, 2.05) is 0 Å². The lowest BCUT2D eigenvalue weighted by atomic mass is 9.35. The maximum atomic E-state index is 2.85. The summed E-state index contributed by atoms with van der Waals surface area (Å²) in [6.07, 6.45) is 9.51. The van der Waals surface area contributed by atoms with E-state index >= 15 is 0 Å². The van der Waals surface area contributed by atoms with Gasteiger partial charge in [-0.15, -0.1) is 0 Å². The van der Waals surface area contributed by atoms with Gasteiger partial charge in [-0.1, -0.05) is 174 Å². The van der Waals surface area contributed by atoms with E-state index in [-0.39, 0.29) is 55.4 Å². The van der Waals surface area contributed by atoms with Gasteiger partial charge in [-0.25, -0.2) is 0 Å². The molecule has 1 aromatic heterocycles. The van der Waals surface area contributed by atoms with Crippen LogP contribution >= 0.6 is 11.3 Å². The zero-order valence-corrected chi connectivity index (χ0v) is 50.9. The van der Waals surface area contributed by atoms with Crippen molar-refractivity contribution in [1.29, 1.82) is 0 Å². The molecular weight excluding hydrogens is 924 g/mol. The molecule has 6 aromatic rings. The second kappa shape index (κ2) is 15.8. The Hall–Kier alpha value is -4.54. The summed E-state index contributed by atoms with van der Waals surface area (Å²) >= 11 is 2.17. The Bertz CT molecular complexity index is 3410. The summed E-state index contributed by atoms with van der Waals surface area (Å²) in [5.41, 5.74) is 27.7. The van der Waals surface area contributed by atoms with Gasteiger partial charge in [0.15, 0.2) is 0 Å². The molecule has 0 N–H and O–H groups in total. The molecule has 12 rings (SSSR count). The minimum absolute atomic E-state index is 0.0145. The Balaban J connectivity index is 1.23. The topological polar surface area (TPSA) is 6.48 Å². The van der Waals surface area contributed by atoms with E-state index in [1.165, 1.54) is 151 Å². The maximum absolute atomic E-state index is 2.85. The molecule has 0 saturated heterocycles. The van der Waals surface area contributed by atoms with Gasteiger partial charge in [0.2, 0.25) is 0 Å². The largest absolute Gasteiger partial charge is 0.311 e. The van der Waals surface area contributed by atoms with Crippen LogP contribution in [0.1, 0.15) is 238 Å². The fourth-order valence-corrected chi connectivity index (χ4v) is 17.3. The van der Waals surface area contributed by atoms with Crippen LogP contribution < -0.4 is 25.5 Å². The SMILES string of the molecule is Cc1cc2c3c(c1)N(c1ccc(C(C)(C)C)cc1-c1ccc4c(c1)C(C)(C)CCC4(C)C)c1c(sc4c1C(C)(C)CCC4(C)C)B3c1ccc3c(c1N2c1ccc2c(c1)C(C)(C)CCC2(C)C)C(C)(C)CCC3(C)C. The Labute approximate surface area is 458 Å². The molecule has 392 valence electrons. The van der Waals surface area contributed by atoms with Crippen LogP contribution in [0.3, 0.4) is 0 Å². The zero-order valence-electron chi connectivity index (χ0n) is 50.0. The Morgan fingerprint density at radius 2 is 0.933 bits per heavy atom. The van der Waals surface area contributed by atoms with Crippen molar-refractivity contribution in [3.05, 3.63) is 134 Å². The highest BCUT2D eigenvalue weighted by atomic mass is 32.1. The van der Waals surface area contributed by atoms with Gasteiger partial charge >= 0.3 is 0 Å². The van der Waals surface area contributed by atoms with Crippen molar-refractivity contribution in [3.63, 3.8) is 0 Å². The molecule has 5 aromatic carbocycles. The summed E-state index contributed by atoms with van der Waals surface area (Å²) in [6, 6.07) is 33.3. The van der Waals surface area contributed by atoms with Gasteiger partial charge in [0, 0.05) is 38.0 Å². The first-order valence-corrected chi connectivity index (χ1v) is 30.0. The lowest BCUT2D eigenvalue weighted by molar-refractivity contribution is 0.331. The van der Waals surface area contributed by atoms with E-state index in [4.69, 9.17) is 0 Å². The van der Waals surface area contributed by atoms with Crippen LogP contribution in [0.4, 0.5) is 34.1 Å². The van der Waals surface area contributed by atoms with Gasteiger partial charge in [-0.2, -0.15) is 11.3 Å². The minimum atomic E-state index is -0.0265. The van der Waals surface area contributed by atoms with E-state index in [9.17, 15) is 0 Å². The fraction of sp³-hybridized carbons (Fsp3) is 0.521. The highest BCUT2D eigenvalue weighted by Gasteiger charge is 2.53. The quantitative estimate of drug-likeness (QED) is 0.163. The van der Waals surface area contributed by atoms with Crippen molar-refractivity contribution in [2.45, 2.75) is 239 Å². The second-order valence-electron chi connectivity index (χ2n) is 31.3. The number of hydrogen-bond acceptors (Lipinski definition) is 3. The summed E-state index contributed by atoms with van der Waals surface area (Å²) in [6.45, 7) is 49.9. The van der Waals surface area contributed by atoms with Crippen LogP contribution in [0.2, 0.25) is 0 Å². The van der Waals surface area contributed by atoms with E-state index in [2.05, 4.69) is 238 Å². The number of fused-ring (bicyclic) bond motifs is 10. The third kappa shape index (κ3) is 7.49. The fourth-order valence-electron chi connectivity index (χ4n) is 15.6. The van der Waals surface area contributed by atoms with Gasteiger partial charge in [0.05, 0.1) is 11.4 Å². The lowest BCUT2D eigenvalue weighted by Crippen LogP contribution is -2.61. The van der Waals surface area contributed by atoms with Crippen LogP contribution in [0.5, 0.6) is 0 Å². The van der Waals surface area contributed by atoms with Gasteiger partial charge in [0.1, 0.15) is 0 Å². The molecule has 3 heterocycles. The number of thiophene rings is 1. The van der Waals surface area contributed by atoms with Crippen molar-refractivity contribution < 1.29 is 0 Å². The number of nitrogens with zero attached hydrogens (tertiary/aromatic N) is 2. The molecule has 2 nitrogen and oxygen atoms in total. The first-order valence-electron chi connectivity index (χ1n) is 29.2. The number of benzene rings is 5. The average molecular weight is 1010 g/mol. The average Bonchev–Trinajstić information content (AvgIpc) is 3.75. The van der Waals surface area contributed by atoms with E-state index < -0.39 is 0 Å². The molecule has 4 aliphatic carbocycles. The molecule has 0 atom stereocenters.